The molecule has 1 fully saturated rings. The van der Waals surface area contributed by atoms with E-state index in [-0.39, 0.29) is 5.97 Å². The van der Waals surface area contributed by atoms with E-state index >= 15 is 0 Å². The molecular formula is C15H30N2O2. The summed E-state index contributed by atoms with van der Waals surface area (Å²) >= 11 is 0. The van der Waals surface area contributed by atoms with E-state index in [0.29, 0.717) is 6.61 Å². The van der Waals surface area contributed by atoms with Crippen LogP contribution in [0.3, 0.4) is 0 Å². The molecule has 1 saturated carbocycles. The summed E-state index contributed by atoms with van der Waals surface area (Å²) < 4.78 is 5.22. The van der Waals surface area contributed by atoms with Crippen molar-refractivity contribution in [2.24, 2.45) is 0 Å². The molecule has 0 aromatic carbocycles. The van der Waals surface area contributed by atoms with Crippen molar-refractivity contribution in [2.75, 3.05) is 26.7 Å². The first-order valence-electron chi connectivity index (χ1n) is 7.66. The van der Waals surface area contributed by atoms with Crippen LogP contribution in [0.4, 0.5) is 0 Å². The Kier molecular flexibility index (Phi) is 6.80. The third-order valence-corrected chi connectivity index (χ3v) is 4.15. The lowest BCUT2D eigenvalue weighted by atomic mass is 9.90. The Morgan fingerprint density at radius 1 is 1.42 bits per heavy atom. The van der Waals surface area contributed by atoms with Gasteiger partial charge in [-0.3, -0.25) is 4.79 Å². The van der Waals surface area contributed by atoms with Gasteiger partial charge in [-0.1, -0.05) is 13.3 Å². The van der Waals surface area contributed by atoms with Gasteiger partial charge in [0.15, 0.2) is 0 Å². The third kappa shape index (κ3) is 4.77. The second-order valence-electron chi connectivity index (χ2n) is 5.79. The molecule has 112 valence electrons. The van der Waals surface area contributed by atoms with Crippen molar-refractivity contribution in [2.45, 2.75) is 64.5 Å². The Hall–Kier alpha value is -0.610. The third-order valence-electron chi connectivity index (χ3n) is 4.15. The summed E-state index contributed by atoms with van der Waals surface area (Å²) in [5, 5.41) is 3.36. The number of rotatable bonds is 9. The van der Waals surface area contributed by atoms with Crippen molar-refractivity contribution < 1.29 is 9.53 Å². The van der Waals surface area contributed by atoms with Crippen LogP contribution < -0.4 is 5.32 Å². The Morgan fingerprint density at radius 3 is 2.58 bits per heavy atom. The van der Waals surface area contributed by atoms with Gasteiger partial charge < -0.3 is 15.0 Å². The lowest BCUT2D eigenvalue weighted by molar-refractivity contribution is -0.151. The number of carbonyl (C=O) groups excluding carboxylic acids is 1. The summed E-state index contributed by atoms with van der Waals surface area (Å²) in [5.41, 5.74) is -0.552. The average Bonchev–Trinajstić information content (AvgIpc) is 2.32. The summed E-state index contributed by atoms with van der Waals surface area (Å²) in [5.74, 6) is -0.120. The maximum atomic E-state index is 12.1. The largest absolute Gasteiger partial charge is 0.465 e. The van der Waals surface area contributed by atoms with Gasteiger partial charge in [0.2, 0.25) is 0 Å². The van der Waals surface area contributed by atoms with E-state index in [1.165, 1.54) is 19.3 Å². The minimum absolute atomic E-state index is 0.120. The van der Waals surface area contributed by atoms with Crippen LogP contribution in [0.1, 0.15) is 52.9 Å². The van der Waals surface area contributed by atoms with Gasteiger partial charge >= 0.3 is 5.97 Å². The zero-order valence-electron chi connectivity index (χ0n) is 13.0. The fraction of sp³-hybridized carbons (Fsp3) is 0.933. The second kappa shape index (κ2) is 7.85. The predicted molar refractivity (Wildman–Crippen MR) is 78.2 cm³/mol. The van der Waals surface area contributed by atoms with E-state index in [1.807, 2.05) is 13.8 Å². The summed E-state index contributed by atoms with van der Waals surface area (Å²) in [6, 6.07) is 0.720. The number of carbonyl (C=O) groups is 1. The molecule has 0 aromatic heterocycles. The van der Waals surface area contributed by atoms with Gasteiger partial charge in [0.05, 0.1) is 6.61 Å². The molecule has 1 aliphatic rings. The maximum Gasteiger partial charge on any atom is 0.326 e. The molecule has 0 aromatic rings. The molecule has 0 amide bonds. The number of hydrogen-bond donors (Lipinski definition) is 1. The van der Waals surface area contributed by atoms with Gasteiger partial charge in [0.1, 0.15) is 5.54 Å². The van der Waals surface area contributed by atoms with Crippen molar-refractivity contribution in [3.8, 4) is 0 Å². The smallest absolute Gasteiger partial charge is 0.326 e. The number of ether oxygens (including phenoxy) is 1. The monoisotopic (exact) mass is 270 g/mol. The molecule has 0 aliphatic heterocycles. The highest BCUT2D eigenvalue weighted by Crippen LogP contribution is 2.24. The molecule has 1 rings (SSSR count). The van der Waals surface area contributed by atoms with E-state index in [9.17, 15) is 4.79 Å². The Bertz CT molecular complexity index is 279. The summed E-state index contributed by atoms with van der Waals surface area (Å²) in [6.45, 7) is 8.17. The fourth-order valence-corrected chi connectivity index (χ4v) is 2.36. The van der Waals surface area contributed by atoms with Crippen molar-refractivity contribution in [1.29, 1.82) is 0 Å². The highest BCUT2D eigenvalue weighted by molar-refractivity contribution is 5.80. The summed E-state index contributed by atoms with van der Waals surface area (Å²) in [6.07, 6.45) is 5.77. The summed E-state index contributed by atoms with van der Waals surface area (Å²) in [4.78, 5) is 14.5. The zero-order chi connectivity index (χ0) is 14.3. The van der Waals surface area contributed by atoms with Gasteiger partial charge in [0, 0.05) is 12.6 Å². The van der Waals surface area contributed by atoms with E-state index in [1.54, 1.807) is 0 Å². The number of esters is 1. The van der Waals surface area contributed by atoms with Gasteiger partial charge in [0.25, 0.3) is 0 Å². The standard InChI is InChI=1S/C15H30N2O2/c1-5-11-16-15(3,14(18)19-6-2)10-12-17(4)13-8-7-9-13/h13,16H,5-12H2,1-4H3. The minimum atomic E-state index is -0.552. The average molecular weight is 270 g/mol. The zero-order valence-corrected chi connectivity index (χ0v) is 13.0. The molecule has 1 atom stereocenters. The second-order valence-corrected chi connectivity index (χ2v) is 5.79. The first kappa shape index (κ1) is 16.4. The van der Waals surface area contributed by atoms with E-state index < -0.39 is 5.54 Å². The molecular weight excluding hydrogens is 240 g/mol. The van der Waals surface area contributed by atoms with Crippen molar-refractivity contribution in [3.05, 3.63) is 0 Å². The quantitative estimate of drug-likeness (QED) is 0.652. The molecule has 19 heavy (non-hydrogen) atoms. The molecule has 0 saturated heterocycles. The fourth-order valence-electron chi connectivity index (χ4n) is 2.36. The molecule has 4 nitrogen and oxygen atoms in total. The van der Waals surface area contributed by atoms with E-state index in [0.717, 1.165) is 32.0 Å². The van der Waals surface area contributed by atoms with Crippen LogP contribution in [0.25, 0.3) is 0 Å². The van der Waals surface area contributed by atoms with Crippen LogP contribution in [-0.4, -0.2) is 49.2 Å². The number of hydrogen-bond acceptors (Lipinski definition) is 4. The van der Waals surface area contributed by atoms with Crippen LogP contribution in [0.15, 0.2) is 0 Å². The first-order chi connectivity index (χ1) is 9.03. The lowest BCUT2D eigenvalue weighted by Crippen LogP contribution is -2.53. The molecule has 0 heterocycles. The first-order valence-corrected chi connectivity index (χ1v) is 7.66. The Labute approximate surface area is 117 Å². The molecule has 1 unspecified atom stereocenters. The van der Waals surface area contributed by atoms with Crippen LogP contribution in [-0.2, 0) is 9.53 Å². The Morgan fingerprint density at radius 2 is 2.11 bits per heavy atom. The summed E-state index contributed by atoms with van der Waals surface area (Å²) in [7, 11) is 2.16. The predicted octanol–water partition coefficient (Wildman–Crippen LogP) is 2.18. The van der Waals surface area contributed by atoms with Gasteiger partial charge in [-0.15, -0.1) is 0 Å². The minimum Gasteiger partial charge on any atom is -0.465 e. The molecule has 0 bridgehead atoms. The van der Waals surface area contributed by atoms with E-state index in [4.69, 9.17) is 4.74 Å². The van der Waals surface area contributed by atoms with Crippen LogP contribution in [0, 0.1) is 0 Å². The van der Waals surface area contributed by atoms with E-state index in [2.05, 4.69) is 24.2 Å². The molecule has 0 radical (unpaired) electrons. The van der Waals surface area contributed by atoms with Crippen molar-refractivity contribution in [1.82, 2.24) is 10.2 Å². The van der Waals surface area contributed by atoms with Gasteiger partial charge in [-0.2, -0.15) is 0 Å². The van der Waals surface area contributed by atoms with Gasteiger partial charge in [-0.05, 0) is 53.1 Å². The SMILES string of the molecule is CCCNC(C)(CCN(C)C1CCC1)C(=O)OCC. The van der Waals surface area contributed by atoms with Crippen LogP contribution >= 0.6 is 0 Å². The van der Waals surface area contributed by atoms with Crippen molar-refractivity contribution >= 4 is 5.97 Å². The van der Waals surface area contributed by atoms with Crippen molar-refractivity contribution in [3.63, 3.8) is 0 Å². The molecule has 1 N–H and O–H groups in total. The normalized spacial score (nSPS) is 19.0. The molecule has 0 spiro atoms. The maximum absolute atomic E-state index is 12.1. The highest BCUT2D eigenvalue weighted by Gasteiger charge is 2.34. The van der Waals surface area contributed by atoms with Crippen LogP contribution in [0.5, 0.6) is 0 Å². The van der Waals surface area contributed by atoms with Gasteiger partial charge in [-0.25, -0.2) is 0 Å². The Balaban J connectivity index is 2.49. The number of nitrogens with zero attached hydrogens (tertiary/aromatic N) is 1. The topological polar surface area (TPSA) is 41.6 Å². The lowest BCUT2D eigenvalue weighted by Gasteiger charge is -2.37. The molecule has 1 aliphatic carbocycles. The number of nitrogens with one attached hydrogen (secondary N) is 1. The van der Waals surface area contributed by atoms with Crippen LogP contribution in [0.2, 0.25) is 0 Å². The molecule has 4 heteroatoms. The highest BCUT2D eigenvalue weighted by atomic mass is 16.5.